The SMILES string of the molecule is O=C(c1ccc(N2CCc3[nH]cnc3[C@H]2c2cc3c(F)cccn3n2)nn1)N1CCC1. The predicted molar refractivity (Wildman–Crippen MR) is 109 cm³/mol. The third kappa shape index (κ3) is 2.86. The molecule has 1 atom stereocenters. The molecule has 2 aliphatic heterocycles. The summed E-state index contributed by atoms with van der Waals surface area (Å²) in [6.45, 7) is 2.19. The van der Waals surface area contributed by atoms with Gasteiger partial charge in [-0.15, -0.1) is 10.2 Å². The number of anilines is 1. The van der Waals surface area contributed by atoms with E-state index in [9.17, 15) is 9.18 Å². The van der Waals surface area contributed by atoms with Crippen molar-refractivity contribution >= 4 is 17.2 Å². The summed E-state index contributed by atoms with van der Waals surface area (Å²) in [5.41, 5.74) is 3.27. The van der Waals surface area contributed by atoms with Crippen LogP contribution in [0.15, 0.2) is 42.9 Å². The van der Waals surface area contributed by atoms with Crippen LogP contribution >= 0.6 is 0 Å². The van der Waals surface area contributed by atoms with Crippen LogP contribution in [0, 0.1) is 5.82 Å². The average molecular weight is 418 g/mol. The van der Waals surface area contributed by atoms with E-state index in [0.29, 0.717) is 29.3 Å². The molecule has 31 heavy (non-hydrogen) atoms. The number of pyridine rings is 1. The second-order valence-electron chi connectivity index (χ2n) is 7.79. The molecule has 0 aromatic carbocycles. The lowest BCUT2D eigenvalue weighted by atomic mass is 9.99. The van der Waals surface area contributed by atoms with Gasteiger partial charge in [-0.2, -0.15) is 5.10 Å². The average Bonchev–Trinajstić information content (AvgIpc) is 3.39. The van der Waals surface area contributed by atoms with Gasteiger partial charge in [0.15, 0.2) is 11.5 Å². The summed E-state index contributed by atoms with van der Waals surface area (Å²) in [6, 6.07) is 7.95. The lowest BCUT2D eigenvalue weighted by molar-refractivity contribution is 0.0644. The van der Waals surface area contributed by atoms with Gasteiger partial charge in [-0.3, -0.25) is 4.79 Å². The number of nitrogens with one attached hydrogen (secondary N) is 1. The molecule has 2 aliphatic rings. The van der Waals surface area contributed by atoms with Crippen molar-refractivity contribution in [1.29, 1.82) is 0 Å². The van der Waals surface area contributed by atoms with Crippen LogP contribution < -0.4 is 4.90 Å². The highest BCUT2D eigenvalue weighted by atomic mass is 19.1. The molecule has 156 valence electrons. The first kappa shape index (κ1) is 18.0. The first-order chi connectivity index (χ1) is 15.2. The van der Waals surface area contributed by atoms with Crippen LogP contribution in [-0.2, 0) is 6.42 Å². The standard InChI is InChI=1S/C21H19FN8O/c22-13-3-1-9-30-17(13)11-16(27-30)20-19-14(23-12-24-19)6-10-29(20)18-5-4-15(25-26-18)21(31)28-7-2-8-28/h1,3-5,9,11-12,20H,2,6-8,10H2,(H,23,24)/t20-/m1/s1. The van der Waals surface area contributed by atoms with Gasteiger partial charge in [0.05, 0.1) is 17.7 Å². The fourth-order valence-electron chi connectivity index (χ4n) is 4.23. The molecule has 1 saturated heterocycles. The van der Waals surface area contributed by atoms with Crippen molar-refractivity contribution in [2.75, 3.05) is 24.5 Å². The number of H-pyrrole nitrogens is 1. The molecule has 1 fully saturated rings. The van der Waals surface area contributed by atoms with Crippen LogP contribution in [0.3, 0.4) is 0 Å². The summed E-state index contributed by atoms with van der Waals surface area (Å²) in [6.07, 6.45) is 5.16. The third-order valence-corrected chi connectivity index (χ3v) is 5.98. The molecule has 6 heterocycles. The number of aromatic amines is 1. The molecule has 0 radical (unpaired) electrons. The Balaban J connectivity index is 1.40. The van der Waals surface area contributed by atoms with Crippen molar-refractivity contribution in [3.63, 3.8) is 0 Å². The lowest BCUT2D eigenvalue weighted by Crippen LogP contribution is -2.42. The van der Waals surface area contributed by atoms with Crippen molar-refractivity contribution in [3.05, 3.63) is 71.4 Å². The van der Waals surface area contributed by atoms with E-state index in [-0.39, 0.29) is 17.8 Å². The predicted octanol–water partition coefficient (Wildman–Crippen LogP) is 1.98. The molecule has 6 rings (SSSR count). The summed E-state index contributed by atoms with van der Waals surface area (Å²) in [5.74, 6) is 0.196. The van der Waals surface area contributed by atoms with Crippen LogP contribution in [0.4, 0.5) is 10.2 Å². The van der Waals surface area contributed by atoms with Crippen molar-refractivity contribution in [2.24, 2.45) is 0 Å². The largest absolute Gasteiger partial charge is 0.348 e. The monoisotopic (exact) mass is 418 g/mol. The van der Waals surface area contributed by atoms with E-state index >= 15 is 0 Å². The second kappa shape index (κ2) is 6.86. The Morgan fingerprint density at radius 2 is 2.06 bits per heavy atom. The Kier molecular flexibility index (Phi) is 3.98. The fourth-order valence-corrected chi connectivity index (χ4v) is 4.23. The molecule has 0 bridgehead atoms. The van der Waals surface area contributed by atoms with E-state index in [1.165, 1.54) is 10.6 Å². The maximum atomic E-state index is 14.3. The Bertz CT molecular complexity index is 1280. The van der Waals surface area contributed by atoms with Gasteiger partial charge in [-0.25, -0.2) is 13.9 Å². The molecule has 0 aliphatic carbocycles. The van der Waals surface area contributed by atoms with Crippen LogP contribution in [0.1, 0.15) is 40.0 Å². The molecule has 1 N–H and O–H groups in total. The van der Waals surface area contributed by atoms with Crippen molar-refractivity contribution in [2.45, 2.75) is 18.9 Å². The van der Waals surface area contributed by atoms with E-state index in [4.69, 9.17) is 0 Å². The lowest BCUT2D eigenvalue weighted by Gasteiger charge is -2.34. The smallest absolute Gasteiger partial charge is 0.274 e. The first-order valence-electron chi connectivity index (χ1n) is 10.2. The Hall–Kier alpha value is -3.82. The van der Waals surface area contributed by atoms with Gasteiger partial charge >= 0.3 is 0 Å². The quantitative estimate of drug-likeness (QED) is 0.547. The van der Waals surface area contributed by atoms with E-state index in [1.54, 1.807) is 41.7 Å². The molecule has 4 aromatic heterocycles. The number of fused-ring (bicyclic) bond motifs is 2. The van der Waals surface area contributed by atoms with Crippen LogP contribution in [0.25, 0.3) is 5.52 Å². The number of rotatable bonds is 3. The molecule has 10 heteroatoms. The first-order valence-corrected chi connectivity index (χ1v) is 10.2. The van der Waals surface area contributed by atoms with Crippen molar-refractivity contribution in [1.82, 2.24) is 34.7 Å². The molecule has 4 aromatic rings. The minimum Gasteiger partial charge on any atom is -0.348 e. The molecule has 0 spiro atoms. The Morgan fingerprint density at radius 1 is 1.16 bits per heavy atom. The van der Waals surface area contributed by atoms with Gasteiger partial charge in [0.1, 0.15) is 17.4 Å². The summed E-state index contributed by atoms with van der Waals surface area (Å²) in [4.78, 5) is 23.9. The number of hydrogen-bond acceptors (Lipinski definition) is 6. The number of nitrogens with zero attached hydrogens (tertiary/aromatic N) is 7. The zero-order valence-corrected chi connectivity index (χ0v) is 16.6. The number of halogens is 1. The van der Waals surface area contributed by atoms with E-state index in [1.807, 2.05) is 4.90 Å². The fraction of sp³-hybridized carbons (Fsp3) is 0.286. The molecular formula is C21H19FN8O. The van der Waals surface area contributed by atoms with Crippen LogP contribution in [0.5, 0.6) is 0 Å². The molecule has 1 amide bonds. The highest BCUT2D eigenvalue weighted by Crippen LogP contribution is 2.36. The van der Waals surface area contributed by atoms with Gasteiger partial charge in [0, 0.05) is 37.9 Å². The van der Waals surface area contributed by atoms with Crippen LogP contribution in [0.2, 0.25) is 0 Å². The highest BCUT2D eigenvalue weighted by Gasteiger charge is 2.34. The molecule has 0 saturated carbocycles. The zero-order valence-electron chi connectivity index (χ0n) is 16.6. The second-order valence-corrected chi connectivity index (χ2v) is 7.79. The van der Waals surface area contributed by atoms with E-state index in [0.717, 1.165) is 37.3 Å². The van der Waals surface area contributed by atoms with Gasteiger partial charge in [0.25, 0.3) is 5.91 Å². The maximum Gasteiger partial charge on any atom is 0.274 e. The van der Waals surface area contributed by atoms with Gasteiger partial charge in [0.2, 0.25) is 0 Å². The minimum absolute atomic E-state index is 0.0918. The van der Waals surface area contributed by atoms with Gasteiger partial charge < -0.3 is 14.8 Å². The number of likely N-dealkylation sites (tertiary alicyclic amines) is 1. The van der Waals surface area contributed by atoms with Gasteiger partial charge in [-0.05, 0) is 36.8 Å². The van der Waals surface area contributed by atoms with Crippen molar-refractivity contribution < 1.29 is 9.18 Å². The normalized spacial score (nSPS) is 18.2. The molecule has 0 unspecified atom stereocenters. The van der Waals surface area contributed by atoms with Gasteiger partial charge in [-0.1, -0.05) is 0 Å². The number of carbonyl (C=O) groups excluding carboxylic acids is 1. The topological polar surface area (TPSA) is 95.3 Å². The number of hydrogen-bond donors (Lipinski definition) is 1. The maximum absolute atomic E-state index is 14.3. The van der Waals surface area contributed by atoms with Crippen molar-refractivity contribution in [3.8, 4) is 0 Å². The molecular weight excluding hydrogens is 399 g/mol. The Labute approximate surface area is 176 Å². The van der Waals surface area contributed by atoms with Crippen LogP contribution in [-0.4, -0.2) is 60.2 Å². The summed E-state index contributed by atoms with van der Waals surface area (Å²) >= 11 is 0. The highest BCUT2D eigenvalue weighted by molar-refractivity contribution is 5.92. The number of amides is 1. The van der Waals surface area contributed by atoms with E-state index < -0.39 is 0 Å². The minimum atomic E-state index is -0.347. The summed E-state index contributed by atoms with van der Waals surface area (Å²) in [5, 5.41) is 13.2. The number of imidazole rings is 1. The zero-order chi connectivity index (χ0) is 20.9. The Morgan fingerprint density at radius 3 is 2.81 bits per heavy atom. The third-order valence-electron chi connectivity index (χ3n) is 5.98. The molecule has 9 nitrogen and oxygen atoms in total. The summed E-state index contributed by atoms with van der Waals surface area (Å²) < 4.78 is 15.8. The number of aromatic nitrogens is 6. The van der Waals surface area contributed by atoms with E-state index in [2.05, 4.69) is 25.3 Å². The number of carbonyl (C=O) groups is 1. The summed E-state index contributed by atoms with van der Waals surface area (Å²) in [7, 11) is 0.